The molecule has 0 aliphatic heterocycles. The molecule has 0 bridgehead atoms. The van der Waals surface area contributed by atoms with E-state index in [0.29, 0.717) is 11.1 Å². The van der Waals surface area contributed by atoms with Crippen LogP contribution >= 0.6 is 0 Å². The van der Waals surface area contributed by atoms with E-state index >= 15 is 0 Å². The molecule has 2 aliphatic carbocycles. The van der Waals surface area contributed by atoms with Crippen LogP contribution < -0.4 is 9.80 Å². The summed E-state index contributed by atoms with van der Waals surface area (Å²) in [4.78, 5) is 4.47. The minimum Gasteiger partial charge on any atom is -0.310 e. The monoisotopic (exact) mass is 800 g/mol. The van der Waals surface area contributed by atoms with Gasteiger partial charge in [-0.05, 0) is 163 Å². The fourth-order valence-corrected chi connectivity index (χ4v) is 10.4. The van der Waals surface area contributed by atoms with E-state index < -0.39 is 5.41 Å². The Morgan fingerprint density at radius 2 is 0.810 bits per heavy atom. The maximum Gasteiger partial charge on any atom is 0.0992 e. The molecule has 12 rings (SSSR count). The molecule has 0 heterocycles. The summed E-state index contributed by atoms with van der Waals surface area (Å²) in [6.45, 7) is 0. The van der Waals surface area contributed by atoms with Crippen molar-refractivity contribution in [2.24, 2.45) is 0 Å². The summed E-state index contributed by atoms with van der Waals surface area (Å²) in [7, 11) is 0. The summed E-state index contributed by atoms with van der Waals surface area (Å²) in [5.74, 6) is 0. The maximum absolute atomic E-state index is 9.87. The van der Waals surface area contributed by atoms with Gasteiger partial charge < -0.3 is 9.80 Å². The maximum atomic E-state index is 9.87. The van der Waals surface area contributed by atoms with Crippen molar-refractivity contribution < 1.29 is 0 Å². The summed E-state index contributed by atoms with van der Waals surface area (Å²) in [6.07, 6.45) is 0. The number of fused-ring (bicyclic) bond motifs is 13. The number of para-hydroxylation sites is 2. The van der Waals surface area contributed by atoms with Gasteiger partial charge in [-0.2, -0.15) is 10.5 Å². The van der Waals surface area contributed by atoms with Gasteiger partial charge in [0, 0.05) is 34.1 Å². The summed E-state index contributed by atoms with van der Waals surface area (Å²) in [5.41, 5.74) is 16.7. The van der Waals surface area contributed by atoms with Crippen molar-refractivity contribution in [3.05, 3.63) is 252 Å². The fraction of sp³-hybridized carbons (Fsp3) is 0.0169. The highest BCUT2D eigenvalue weighted by Crippen LogP contribution is 2.64. The average molecular weight is 801 g/mol. The summed E-state index contributed by atoms with van der Waals surface area (Å²) in [5, 5.41) is 24.4. The lowest BCUT2D eigenvalue weighted by atomic mass is 9.69. The minimum atomic E-state index is -0.580. The van der Waals surface area contributed by atoms with Gasteiger partial charge in [-0.25, -0.2) is 0 Å². The normalized spacial score (nSPS) is 12.5. The second kappa shape index (κ2) is 14.2. The quantitative estimate of drug-likeness (QED) is 0.168. The molecule has 4 nitrogen and oxygen atoms in total. The van der Waals surface area contributed by atoms with Crippen LogP contribution in [0.4, 0.5) is 34.1 Å². The van der Waals surface area contributed by atoms with Crippen LogP contribution in [0.3, 0.4) is 0 Å². The van der Waals surface area contributed by atoms with Crippen molar-refractivity contribution in [2.75, 3.05) is 9.80 Å². The lowest BCUT2D eigenvalue weighted by Crippen LogP contribution is -2.26. The minimum absolute atomic E-state index is 0.580. The lowest BCUT2D eigenvalue weighted by Gasteiger charge is -2.32. The van der Waals surface area contributed by atoms with Crippen LogP contribution in [-0.4, -0.2) is 0 Å². The van der Waals surface area contributed by atoms with Crippen LogP contribution in [-0.2, 0) is 5.41 Å². The van der Waals surface area contributed by atoms with Crippen LogP contribution in [0.2, 0.25) is 0 Å². The summed E-state index contributed by atoms with van der Waals surface area (Å²) < 4.78 is 0. The smallest absolute Gasteiger partial charge is 0.0992 e. The van der Waals surface area contributed by atoms with Crippen molar-refractivity contribution in [1.29, 1.82) is 10.5 Å². The highest BCUT2D eigenvalue weighted by Gasteiger charge is 2.52. The van der Waals surface area contributed by atoms with E-state index in [1.54, 1.807) is 0 Å². The molecule has 10 aromatic carbocycles. The molecular weight excluding hydrogens is 765 g/mol. The molecule has 0 amide bonds. The first-order valence-corrected chi connectivity index (χ1v) is 21.2. The van der Waals surface area contributed by atoms with Crippen LogP contribution in [0.15, 0.2) is 218 Å². The molecule has 63 heavy (non-hydrogen) atoms. The van der Waals surface area contributed by atoms with Crippen LogP contribution in [0.1, 0.15) is 33.4 Å². The SMILES string of the molecule is N#Cc1cccc(N(c2ccccc2)c2ccc3cc4c(cc3c2)C2(c3ccccc3-c3ccccc32)c2c-4ccc3cc(N(c4ccccc4)c4cccc(C#N)c4)ccc23)c1. The third kappa shape index (κ3) is 5.46. The Morgan fingerprint density at radius 3 is 1.40 bits per heavy atom. The van der Waals surface area contributed by atoms with E-state index in [9.17, 15) is 10.5 Å². The molecule has 0 N–H and O–H groups in total. The molecule has 2 aliphatic rings. The highest BCUT2D eigenvalue weighted by molar-refractivity contribution is 6.07. The molecular formula is C59H36N4. The lowest BCUT2D eigenvalue weighted by molar-refractivity contribution is 0.802. The first kappa shape index (κ1) is 36.2. The predicted molar refractivity (Wildman–Crippen MR) is 257 cm³/mol. The van der Waals surface area contributed by atoms with E-state index in [-0.39, 0.29) is 0 Å². The van der Waals surface area contributed by atoms with Crippen LogP contribution in [0.25, 0.3) is 43.8 Å². The number of hydrogen-bond donors (Lipinski definition) is 0. The Kier molecular flexibility index (Phi) is 8.16. The number of nitriles is 2. The average Bonchev–Trinajstić information content (AvgIpc) is 3.81. The first-order valence-electron chi connectivity index (χ1n) is 21.2. The first-order chi connectivity index (χ1) is 31.1. The molecule has 0 radical (unpaired) electrons. The van der Waals surface area contributed by atoms with E-state index in [1.807, 2.05) is 48.5 Å². The number of rotatable bonds is 6. The highest BCUT2D eigenvalue weighted by atomic mass is 15.1. The summed E-state index contributed by atoms with van der Waals surface area (Å²) in [6, 6.07) is 82.0. The predicted octanol–water partition coefficient (Wildman–Crippen LogP) is 15.0. The largest absolute Gasteiger partial charge is 0.310 e. The molecule has 292 valence electrons. The summed E-state index contributed by atoms with van der Waals surface area (Å²) >= 11 is 0. The van der Waals surface area contributed by atoms with E-state index in [1.165, 1.54) is 49.9 Å². The second-order valence-electron chi connectivity index (χ2n) is 16.3. The van der Waals surface area contributed by atoms with Gasteiger partial charge in [-0.1, -0.05) is 121 Å². The van der Waals surface area contributed by atoms with Gasteiger partial charge in [-0.15, -0.1) is 0 Å². The van der Waals surface area contributed by atoms with Crippen LogP contribution in [0, 0.1) is 22.7 Å². The number of hydrogen-bond acceptors (Lipinski definition) is 4. The topological polar surface area (TPSA) is 54.1 Å². The van der Waals surface area contributed by atoms with Crippen molar-refractivity contribution in [2.45, 2.75) is 5.41 Å². The number of benzene rings is 10. The third-order valence-corrected chi connectivity index (χ3v) is 13.0. The van der Waals surface area contributed by atoms with Crippen molar-refractivity contribution >= 4 is 55.7 Å². The zero-order chi connectivity index (χ0) is 42.1. The molecule has 0 fully saturated rings. The Hall–Kier alpha value is -8.70. The van der Waals surface area contributed by atoms with E-state index in [0.717, 1.165) is 50.3 Å². The van der Waals surface area contributed by atoms with E-state index in [4.69, 9.17) is 0 Å². The molecule has 0 saturated carbocycles. The number of nitrogens with zero attached hydrogens (tertiary/aromatic N) is 4. The molecule has 0 atom stereocenters. The zero-order valence-corrected chi connectivity index (χ0v) is 34.1. The van der Waals surface area contributed by atoms with Crippen molar-refractivity contribution in [3.63, 3.8) is 0 Å². The molecule has 1 spiro atoms. The van der Waals surface area contributed by atoms with Crippen molar-refractivity contribution in [3.8, 4) is 34.4 Å². The molecule has 0 aromatic heterocycles. The number of anilines is 6. The van der Waals surface area contributed by atoms with E-state index in [2.05, 4.69) is 192 Å². The second-order valence-corrected chi connectivity index (χ2v) is 16.3. The van der Waals surface area contributed by atoms with Gasteiger partial charge in [0.2, 0.25) is 0 Å². The molecule has 0 saturated heterocycles. The van der Waals surface area contributed by atoms with Gasteiger partial charge in [0.15, 0.2) is 0 Å². The fourth-order valence-electron chi connectivity index (χ4n) is 10.4. The molecule has 4 heteroatoms. The van der Waals surface area contributed by atoms with Gasteiger partial charge in [-0.3, -0.25) is 0 Å². The molecule has 0 unspecified atom stereocenters. The Labute approximate surface area is 366 Å². The van der Waals surface area contributed by atoms with Gasteiger partial charge in [0.1, 0.15) is 0 Å². The van der Waals surface area contributed by atoms with Crippen LogP contribution in [0.5, 0.6) is 0 Å². The Morgan fingerprint density at radius 1 is 0.317 bits per heavy atom. The zero-order valence-electron chi connectivity index (χ0n) is 34.1. The van der Waals surface area contributed by atoms with Gasteiger partial charge >= 0.3 is 0 Å². The van der Waals surface area contributed by atoms with Crippen molar-refractivity contribution in [1.82, 2.24) is 0 Å². The Bertz CT molecular complexity index is 3510. The van der Waals surface area contributed by atoms with Gasteiger partial charge in [0.25, 0.3) is 0 Å². The standard InChI is InChI=1S/C59H36N4/c60-37-39-13-11-19-46(31-39)62(44-15-3-1-4-16-44)48-27-25-41-35-54-53-29-26-42-33-49(63(45-17-5-2-6-18-45)47-20-12-14-40(32-47)38-61)28-30-50(42)58(53)59(57(54)36-43(41)34-48)55-23-9-7-21-51(55)52-22-8-10-24-56(52)59/h1-36H. The Balaban J connectivity index is 1.10. The van der Waals surface area contributed by atoms with Gasteiger partial charge in [0.05, 0.1) is 28.7 Å². The molecule has 10 aromatic rings. The third-order valence-electron chi connectivity index (χ3n) is 13.0.